The highest BCUT2D eigenvalue weighted by atomic mass is 79.9. The van der Waals surface area contributed by atoms with Crippen LogP contribution in [0.3, 0.4) is 0 Å². The van der Waals surface area contributed by atoms with Crippen molar-refractivity contribution in [2.24, 2.45) is 0 Å². The lowest BCUT2D eigenvalue weighted by atomic mass is 10.0. The van der Waals surface area contributed by atoms with E-state index in [4.69, 9.17) is 4.74 Å². The summed E-state index contributed by atoms with van der Waals surface area (Å²) in [6.45, 7) is 3.01. The maximum Gasteiger partial charge on any atom is 0.327 e. The quantitative estimate of drug-likeness (QED) is 0.425. The fourth-order valence-corrected chi connectivity index (χ4v) is 4.33. The molecule has 2 unspecified atom stereocenters. The second-order valence-corrected chi connectivity index (χ2v) is 9.41. The summed E-state index contributed by atoms with van der Waals surface area (Å²) in [5, 5.41) is 3.09. The van der Waals surface area contributed by atoms with E-state index in [1.54, 1.807) is 0 Å². The van der Waals surface area contributed by atoms with Crippen LogP contribution in [0.4, 0.5) is 0 Å². The number of piperidine rings is 2. The number of methoxy groups -OCH3 is 2. The van der Waals surface area contributed by atoms with E-state index in [9.17, 15) is 19.2 Å². The molecule has 0 aromatic heterocycles. The summed E-state index contributed by atoms with van der Waals surface area (Å²) in [5.41, 5.74) is 1.82. The van der Waals surface area contributed by atoms with Gasteiger partial charge in [-0.05, 0) is 11.1 Å². The zero-order chi connectivity index (χ0) is 27.0. The molecule has 2 atom stereocenters. The van der Waals surface area contributed by atoms with E-state index in [0.29, 0.717) is 31.7 Å². The lowest BCUT2D eigenvalue weighted by Gasteiger charge is -2.32. The monoisotopic (exact) mass is 574 g/mol. The molecule has 1 N–H and O–H groups in total. The number of ketones is 2. The number of nitrogens with one attached hydrogen (secondary N) is 1. The number of ether oxygens (including phenoxy) is 2. The van der Waals surface area contributed by atoms with Crippen molar-refractivity contribution in [3.05, 3.63) is 71.8 Å². The number of hydrogen-bond acceptors (Lipinski definition) is 8. The average Bonchev–Trinajstić information content (AvgIpc) is 2.95. The van der Waals surface area contributed by atoms with Crippen LogP contribution in [0.25, 0.3) is 0 Å². The lowest BCUT2D eigenvalue weighted by Crippen LogP contribution is -2.40. The van der Waals surface area contributed by atoms with Gasteiger partial charge in [0.25, 0.3) is 0 Å². The van der Waals surface area contributed by atoms with Crippen molar-refractivity contribution in [1.29, 1.82) is 0 Å². The van der Waals surface area contributed by atoms with Crippen molar-refractivity contribution in [1.82, 2.24) is 10.2 Å². The average molecular weight is 576 g/mol. The number of hydrogen-bond donors (Lipinski definition) is 1. The smallest absolute Gasteiger partial charge is 0.327 e. The minimum Gasteiger partial charge on any atom is -0.468 e. The number of alkyl halides is 1. The van der Waals surface area contributed by atoms with Gasteiger partial charge in [-0.3, -0.25) is 19.3 Å². The summed E-state index contributed by atoms with van der Waals surface area (Å²) in [6.07, 6.45) is 2.50. The van der Waals surface area contributed by atoms with E-state index in [2.05, 4.69) is 26.0 Å². The first kappa shape index (κ1) is 30.3. The fourth-order valence-electron chi connectivity index (χ4n) is 3.84. The van der Waals surface area contributed by atoms with Crippen molar-refractivity contribution in [2.75, 3.05) is 40.4 Å². The van der Waals surface area contributed by atoms with Crippen LogP contribution >= 0.6 is 15.9 Å². The van der Waals surface area contributed by atoms with E-state index in [1.807, 2.05) is 65.6 Å². The van der Waals surface area contributed by atoms with Gasteiger partial charge in [-0.15, -0.1) is 0 Å². The number of nitrogens with zero attached hydrogens (tertiary/aromatic N) is 1. The Labute approximate surface area is 226 Å². The molecule has 200 valence electrons. The van der Waals surface area contributed by atoms with Gasteiger partial charge >= 0.3 is 11.9 Å². The van der Waals surface area contributed by atoms with Gasteiger partial charge in [0.1, 0.15) is 22.4 Å². The number of Topliss-reactive ketones (excluding diaryl/α,β-unsaturated/α-hetero) is 2. The molecular formula is C28H35BrN2O6. The van der Waals surface area contributed by atoms with Crippen molar-refractivity contribution in [3.8, 4) is 0 Å². The predicted molar refractivity (Wildman–Crippen MR) is 144 cm³/mol. The van der Waals surface area contributed by atoms with Gasteiger partial charge < -0.3 is 14.8 Å². The van der Waals surface area contributed by atoms with E-state index in [-0.39, 0.29) is 22.5 Å². The van der Waals surface area contributed by atoms with Crippen molar-refractivity contribution in [2.45, 2.75) is 36.6 Å². The molecule has 2 aliphatic rings. The van der Waals surface area contributed by atoms with Crippen molar-refractivity contribution in [3.63, 3.8) is 0 Å². The van der Waals surface area contributed by atoms with Crippen LogP contribution in [0.5, 0.6) is 0 Å². The van der Waals surface area contributed by atoms with Crippen LogP contribution < -0.4 is 5.32 Å². The van der Waals surface area contributed by atoms with Gasteiger partial charge in [0, 0.05) is 51.9 Å². The number of benzene rings is 2. The van der Waals surface area contributed by atoms with Crippen LogP contribution in [-0.2, 0) is 28.7 Å². The molecule has 8 nitrogen and oxygen atoms in total. The molecule has 37 heavy (non-hydrogen) atoms. The first-order valence-electron chi connectivity index (χ1n) is 12.2. The highest BCUT2D eigenvalue weighted by molar-refractivity contribution is 9.09. The first-order chi connectivity index (χ1) is 17.9. The molecule has 0 saturated carbocycles. The number of carbonyl (C=O) groups excluding carboxylic acids is 4. The third kappa shape index (κ3) is 10.6. The molecule has 2 aromatic rings. The van der Waals surface area contributed by atoms with Gasteiger partial charge in [0.2, 0.25) is 0 Å². The second kappa shape index (κ2) is 16.8. The minimum atomic E-state index is -0.399. The van der Waals surface area contributed by atoms with E-state index >= 15 is 0 Å². The standard InChI is InChI=1S/C14H17NO3.C9H9BrO2.C5H9NO/c1-18-14(17)13(11-5-3-2-4-6-11)15-9-7-12(16)8-10-15;1-12-9(11)8(10)7-5-3-2-4-6-7;7-5-1-3-6-4-2-5/h2-6,13H,7-10H2,1H3;2-6,8H,1H3;6H,1-4H2. The van der Waals surface area contributed by atoms with Gasteiger partial charge in [0.15, 0.2) is 0 Å². The van der Waals surface area contributed by atoms with Gasteiger partial charge in [-0.1, -0.05) is 76.6 Å². The van der Waals surface area contributed by atoms with Gasteiger partial charge in [-0.2, -0.15) is 0 Å². The highest BCUT2D eigenvalue weighted by Crippen LogP contribution is 2.25. The van der Waals surface area contributed by atoms with E-state index in [1.165, 1.54) is 14.2 Å². The largest absolute Gasteiger partial charge is 0.468 e. The molecule has 0 amide bonds. The molecule has 0 bridgehead atoms. The summed E-state index contributed by atoms with van der Waals surface area (Å²) in [4.78, 5) is 46.3. The minimum absolute atomic E-state index is 0.267. The Morgan fingerprint density at radius 2 is 1.22 bits per heavy atom. The topological polar surface area (TPSA) is 102 Å². The zero-order valence-corrected chi connectivity index (χ0v) is 22.9. The SMILES string of the molecule is COC(=O)C(Br)c1ccccc1.COC(=O)C(c1ccccc1)N1CCC(=O)CC1.O=C1CCNCC1. The number of rotatable bonds is 5. The summed E-state index contributed by atoms with van der Waals surface area (Å²) in [5.74, 6) is 0.124. The molecule has 2 fully saturated rings. The second-order valence-electron chi connectivity index (χ2n) is 8.50. The third-order valence-corrected chi connectivity index (χ3v) is 6.82. The molecule has 4 rings (SSSR count). The Hall–Kier alpha value is -2.88. The molecule has 2 aliphatic heterocycles. The Bertz CT molecular complexity index is 984. The number of esters is 2. The van der Waals surface area contributed by atoms with E-state index < -0.39 is 6.04 Å². The predicted octanol–water partition coefficient (Wildman–Crippen LogP) is 3.80. The van der Waals surface area contributed by atoms with Crippen LogP contribution in [0.15, 0.2) is 60.7 Å². The van der Waals surface area contributed by atoms with Crippen LogP contribution in [0.2, 0.25) is 0 Å². The third-order valence-electron chi connectivity index (χ3n) is 5.92. The Balaban J connectivity index is 0.000000217. The summed E-state index contributed by atoms with van der Waals surface area (Å²) >= 11 is 3.24. The van der Waals surface area contributed by atoms with Crippen LogP contribution in [0.1, 0.15) is 47.7 Å². The summed E-state index contributed by atoms with van der Waals surface area (Å²) < 4.78 is 9.46. The molecular weight excluding hydrogens is 540 g/mol. The molecule has 9 heteroatoms. The lowest BCUT2D eigenvalue weighted by molar-refractivity contribution is -0.148. The first-order valence-corrected chi connectivity index (χ1v) is 13.2. The molecule has 0 spiro atoms. The van der Waals surface area contributed by atoms with Crippen LogP contribution in [0, 0.1) is 0 Å². The molecule has 2 heterocycles. The van der Waals surface area contributed by atoms with Crippen molar-refractivity contribution < 1.29 is 28.7 Å². The Morgan fingerprint density at radius 1 is 0.757 bits per heavy atom. The summed E-state index contributed by atoms with van der Waals surface area (Å²) in [7, 11) is 2.77. The zero-order valence-electron chi connectivity index (χ0n) is 21.4. The van der Waals surface area contributed by atoms with Gasteiger partial charge in [0.05, 0.1) is 14.2 Å². The summed E-state index contributed by atoms with van der Waals surface area (Å²) in [6, 6.07) is 18.6. The number of carbonyl (C=O) groups is 4. The Morgan fingerprint density at radius 3 is 1.65 bits per heavy atom. The molecule has 0 aliphatic carbocycles. The van der Waals surface area contributed by atoms with Gasteiger partial charge in [-0.25, -0.2) is 4.79 Å². The molecule has 0 radical (unpaired) electrons. The molecule has 2 saturated heterocycles. The highest BCUT2D eigenvalue weighted by Gasteiger charge is 2.31. The fraction of sp³-hybridized carbons (Fsp3) is 0.429. The maximum absolute atomic E-state index is 11.9. The Kier molecular flexibility index (Phi) is 13.8. The number of likely N-dealkylation sites (tertiary alicyclic amines) is 1. The van der Waals surface area contributed by atoms with E-state index in [0.717, 1.165) is 37.1 Å². The molecule has 2 aromatic carbocycles. The number of halogens is 1. The van der Waals surface area contributed by atoms with Crippen LogP contribution in [-0.4, -0.2) is 68.8 Å². The van der Waals surface area contributed by atoms with Crippen molar-refractivity contribution >= 4 is 39.4 Å². The normalized spacial score (nSPS) is 17.2. The maximum atomic E-state index is 11.9.